The summed E-state index contributed by atoms with van der Waals surface area (Å²) in [5.41, 5.74) is 1.74. The van der Waals surface area contributed by atoms with Gasteiger partial charge >= 0.3 is 0 Å². The minimum Gasteiger partial charge on any atom is -0.319 e. The van der Waals surface area contributed by atoms with Crippen LogP contribution in [0.5, 0.6) is 0 Å². The quantitative estimate of drug-likeness (QED) is 0.763. The van der Waals surface area contributed by atoms with E-state index in [1.54, 1.807) is 0 Å². The molecule has 1 spiro atoms. The lowest BCUT2D eigenvalue weighted by atomic mass is 9.76. The van der Waals surface area contributed by atoms with Gasteiger partial charge in [-0.2, -0.15) is 0 Å². The fraction of sp³-hybridized carbons (Fsp3) is 1.00. The number of hydrogen-bond donors (Lipinski definition) is 1. The summed E-state index contributed by atoms with van der Waals surface area (Å²) in [5.74, 6) is 1.84. The molecule has 2 saturated carbocycles. The molecule has 0 aromatic heterocycles. The Morgan fingerprint density at radius 3 is 2.33 bits per heavy atom. The lowest BCUT2D eigenvalue weighted by Crippen LogP contribution is -2.20. The molecule has 0 aromatic carbocycles. The molecule has 106 valence electrons. The van der Waals surface area contributed by atoms with E-state index in [2.05, 4.69) is 47.0 Å². The van der Waals surface area contributed by atoms with Gasteiger partial charge in [0.15, 0.2) is 0 Å². The standard InChI is InChI=1S/C17H33N/c1-15(2,3)13-8-7-10-17(11-9-13)14(12-18-6)16(17,4)5/h13-14,18H,7-12H2,1-6H3. The highest BCUT2D eigenvalue weighted by Crippen LogP contribution is 2.74. The second-order valence-corrected chi connectivity index (χ2v) is 8.48. The number of nitrogens with one attached hydrogen (secondary N) is 1. The van der Waals surface area contributed by atoms with Crippen LogP contribution in [0.4, 0.5) is 0 Å². The van der Waals surface area contributed by atoms with Crippen LogP contribution in [0.25, 0.3) is 0 Å². The van der Waals surface area contributed by atoms with E-state index in [4.69, 9.17) is 0 Å². The van der Waals surface area contributed by atoms with Crippen LogP contribution in [0.15, 0.2) is 0 Å². The van der Waals surface area contributed by atoms with Crippen molar-refractivity contribution in [2.75, 3.05) is 13.6 Å². The topological polar surface area (TPSA) is 12.0 Å². The zero-order valence-electron chi connectivity index (χ0n) is 13.4. The summed E-state index contributed by atoms with van der Waals surface area (Å²) in [6, 6.07) is 0. The Morgan fingerprint density at radius 2 is 1.78 bits per heavy atom. The summed E-state index contributed by atoms with van der Waals surface area (Å²) in [7, 11) is 2.11. The van der Waals surface area contributed by atoms with Crippen molar-refractivity contribution in [3.8, 4) is 0 Å². The molecule has 18 heavy (non-hydrogen) atoms. The van der Waals surface area contributed by atoms with E-state index in [-0.39, 0.29) is 0 Å². The maximum absolute atomic E-state index is 3.42. The highest BCUT2D eigenvalue weighted by atomic mass is 14.9. The summed E-state index contributed by atoms with van der Waals surface area (Å²) >= 11 is 0. The highest BCUT2D eigenvalue weighted by molar-refractivity contribution is 5.18. The van der Waals surface area contributed by atoms with Gasteiger partial charge in [-0.3, -0.25) is 0 Å². The minimum absolute atomic E-state index is 0.503. The summed E-state index contributed by atoms with van der Waals surface area (Å²) in [6.07, 6.45) is 7.29. The van der Waals surface area contributed by atoms with Crippen molar-refractivity contribution in [2.45, 2.75) is 66.7 Å². The van der Waals surface area contributed by atoms with Crippen molar-refractivity contribution >= 4 is 0 Å². The molecule has 1 heteroatoms. The van der Waals surface area contributed by atoms with E-state index in [0.29, 0.717) is 16.2 Å². The molecule has 0 saturated heterocycles. The molecule has 2 fully saturated rings. The Bertz CT molecular complexity index is 299. The molecule has 2 aliphatic rings. The first-order chi connectivity index (χ1) is 8.25. The van der Waals surface area contributed by atoms with Gasteiger partial charge in [0.2, 0.25) is 0 Å². The first-order valence-corrected chi connectivity index (χ1v) is 7.90. The smallest absolute Gasteiger partial charge is 0.00127 e. The largest absolute Gasteiger partial charge is 0.319 e. The van der Waals surface area contributed by atoms with E-state index >= 15 is 0 Å². The lowest BCUT2D eigenvalue weighted by molar-refractivity contribution is 0.208. The average molecular weight is 251 g/mol. The Labute approximate surface area is 114 Å². The normalized spacial score (nSPS) is 39.7. The van der Waals surface area contributed by atoms with E-state index in [1.807, 2.05) is 0 Å². The molecule has 0 aromatic rings. The first-order valence-electron chi connectivity index (χ1n) is 7.90. The maximum Gasteiger partial charge on any atom is -0.00127 e. The van der Waals surface area contributed by atoms with E-state index in [0.717, 1.165) is 11.8 Å². The maximum atomic E-state index is 3.42. The molecule has 1 N–H and O–H groups in total. The third-order valence-electron chi connectivity index (χ3n) is 6.49. The fourth-order valence-electron chi connectivity index (χ4n) is 4.94. The van der Waals surface area contributed by atoms with Crippen LogP contribution < -0.4 is 5.32 Å². The second kappa shape index (κ2) is 4.51. The van der Waals surface area contributed by atoms with Crippen molar-refractivity contribution in [3.05, 3.63) is 0 Å². The van der Waals surface area contributed by atoms with Gasteiger partial charge in [0, 0.05) is 0 Å². The van der Waals surface area contributed by atoms with Gasteiger partial charge in [-0.05, 0) is 67.4 Å². The van der Waals surface area contributed by atoms with Crippen LogP contribution in [0, 0.1) is 28.1 Å². The van der Waals surface area contributed by atoms with Gasteiger partial charge in [0.1, 0.15) is 0 Å². The fourth-order valence-corrected chi connectivity index (χ4v) is 4.94. The van der Waals surface area contributed by atoms with Crippen LogP contribution in [0.3, 0.4) is 0 Å². The average Bonchev–Trinajstić information content (AvgIpc) is 2.80. The predicted molar refractivity (Wildman–Crippen MR) is 79.7 cm³/mol. The molecule has 0 bridgehead atoms. The monoisotopic (exact) mass is 251 g/mol. The molecule has 3 atom stereocenters. The molecule has 3 unspecified atom stereocenters. The molecule has 0 heterocycles. The van der Waals surface area contributed by atoms with Crippen molar-refractivity contribution in [1.82, 2.24) is 5.32 Å². The molecule has 2 aliphatic carbocycles. The molecular weight excluding hydrogens is 218 g/mol. The van der Waals surface area contributed by atoms with Crippen LogP contribution >= 0.6 is 0 Å². The summed E-state index contributed by atoms with van der Waals surface area (Å²) in [5, 5.41) is 3.42. The lowest BCUT2D eigenvalue weighted by Gasteiger charge is -2.30. The highest BCUT2D eigenvalue weighted by Gasteiger charge is 2.69. The predicted octanol–water partition coefficient (Wildman–Crippen LogP) is 4.47. The Kier molecular flexibility index (Phi) is 3.60. The van der Waals surface area contributed by atoms with E-state index in [1.165, 1.54) is 38.6 Å². The third kappa shape index (κ3) is 2.13. The third-order valence-corrected chi connectivity index (χ3v) is 6.49. The zero-order chi connectivity index (χ0) is 13.6. The van der Waals surface area contributed by atoms with Crippen LogP contribution in [-0.2, 0) is 0 Å². The Hall–Kier alpha value is -0.0400. The summed E-state index contributed by atoms with van der Waals surface area (Å²) in [6.45, 7) is 13.5. The zero-order valence-corrected chi connectivity index (χ0v) is 13.4. The van der Waals surface area contributed by atoms with Gasteiger partial charge in [0.25, 0.3) is 0 Å². The van der Waals surface area contributed by atoms with E-state index < -0.39 is 0 Å². The molecular formula is C17H33N. The molecule has 0 radical (unpaired) electrons. The molecule has 2 rings (SSSR count). The van der Waals surface area contributed by atoms with Gasteiger partial charge in [0.05, 0.1) is 0 Å². The molecule has 0 amide bonds. The Balaban J connectivity index is 2.06. The minimum atomic E-state index is 0.503. The van der Waals surface area contributed by atoms with Crippen molar-refractivity contribution < 1.29 is 0 Å². The van der Waals surface area contributed by atoms with Crippen LogP contribution in [-0.4, -0.2) is 13.6 Å². The van der Waals surface area contributed by atoms with Crippen molar-refractivity contribution in [2.24, 2.45) is 28.1 Å². The van der Waals surface area contributed by atoms with E-state index in [9.17, 15) is 0 Å². The summed E-state index contributed by atoms with van der Waals surface area (Å²) < 4.78 is 0. The number of rotatable bonds is 2. The van der Waals surface area contributed by atoms with Gasteiger partial charge < -0.3 is 5.32 Å². The van der Waals surface area contributed by atoms with Gasteiger partial charge in [-0.25, -0.2) is 0 Å². The SMILES string of the molecule is CNCC1C(C)(C)C12CCCC(C(C)(C)C)CC2. The molecule has 0 aliphatic heterocycles. The van der Waals surface area contributed by atoms with Crippen molar-refractivity contribution in [1.29, 1.82) is 0 Å². The van der Waals surface area contributed by atoms with Gasteiger partial charge in [-0.1, -0.05) is 41.0 Å². The first kappa shape index (κ1) is 14.4. The van der Waals surface area contributed by atoms with Crippen LogP contribution in [0.1, 0.15) is 66.7 Å². The molecule has 1 nitrogen and oxygen atoms in total. The van der Waals surface area contributed by atoms with Crippen LogP contribution in [0.2, 0.25) is 0 Å². The number of hydrogen-bond acceptors (Lipinski definition) is 1. The summed E-state index contributed by atoms with van der Waals surface area (Å²) in [4.78, 5) is 0. The second-order valence-electron chi connectivity index (χ2n) is 8.48. The van der Waals surface area contributed by atoms with Gasteiger partial charge in [-0.15, -0.1) is 0 Å². The Morgan fingerprint density at radius 1 is 1.11 bits per heavy atom. The van der Waals surface area contributed by atoms with Crippen molar-refractivity contribution in [3.63, 3.8) is 0 Å².